The first kappa shape index (κ1) is 23.1. The number of hydrogen-bond donors (Lipinski definition) is 2. The van der Waals surface area contributed by atoms with Crippen LogP contribution in [0.3, 0.4) is 0 Å². The lowest BCUT2D eigenvalue weighted by Gasteiger charge is -2.23. The minimum atomic E-state index is -0.302. The van der Waals surface area contributed by atoms with Gasteiger partial charge in [-0.3, -0.25) is 9.69 Å². The van der Waals surface area contributed by atoms with E-state index in [0.29, 0.717) is 40.8 Å². The van der Waals surface area contributed by atoms with Crippen LogP contribution >= 0.6 is 39.1 Å². The highest BCUT2D eigenvalue weighted by Gasteiger charge is 2.16. The summed E-state index contributed by atoms with van der Waals surface area (Å²) < 4.78 is 0.913. The molecule has 0 fully saturated rings. The highest BCUT2D eigenvalue weighted by Crippen LogP contribution is 2.25. The molecule has 0 spiro atoms. The summed E-state index contributed by atoms with van der Waals surface area (Å²) >= 11 is 15.3. The van der Waals surface area contributed by atoms with Crippen molar-refractivity contribution in [1.29, 1.82) is 0 Å². The molecule has 5 nitrogen and oxygen atoms in total. The van der Waals surface area contributed by atoms with Crippen LogP contribution in [0.25, 0.3) is 0 Å². The highest BCUT2D eigenvalue weighted by atomic mass is 79.9. The van der Waals surface area contributed by atoms with Gasteiger partial charge in [0.15, 0.2) is 0 Å². The van der Waals surface area contributed by atoms with Crippen molar-refractivity contribution in [3.63, 3.8) is 0 Å². The molecule has 31 heavy (non-hydrogen) atoms. The molecule has 0 aliphatic rings. The van der Waals surface area contributed by atoms with Crippen LogP contribution in [0.2, 0.25) is 10.0 Å². The van der Waals surface area contributed by atoms with Gasteiger partial charge in [-0.05, 0) is 61.0 Å². The van der Waals surface area contributed by atoms with Gasteiger partial charge in [0.1, 0.15) is 0 Å². The number of rotatable bonds is 7. The number of nitrogens with zero attached hydrogens (tertiary/aromatic N) is 1. The van der Waals surface area contributed by atoms with Gasteiger partial charge in [0.25, 0.3) is 5.91 Å². The molecule has 0 aliphatic carbocycles. The van der Waals surface area contributed by atoms with E-state index in [9.17, 15) is 9.59 Å². The zero-order valence-electron chi connectivity index (χ0n) is 16.4. The first-order valence-corrected chi connectivity index (χ1v) is 11.1. The predicted molar refractivity (Wildman–Crippen MR) is 130 cm³/mol. The first-order chi connectivity index (χ1) is 14.9. The molecule has 8 heteroatoms. The van der Waals surface area contributed by atoms with Crippen LogP contribution in [0.15, 0.2) is 77.3 Å². The zero-order valence-corrected chi connectivity index (χ0v) is 19.5. The SMILES string of the molecule is O=C(NCCCN(C(=O)Nc1ccc(Cl)c(Cl)c1)c1ccccc1)c1ccc(Br)cc1. The Hall–Kier alpha value is -2.54. The van der Waals surface area contributed by atoms with Gasteiger partial charge >= 0.3 is 6.03 Å². The molecule has 0 aliphatic heterocycles. The van der Waals surface area contributed by atoms with E-state index in [0.717, 1.165) is 10.2 Å². The number of carbonyl (C=O) groups is 2. The van der Waals surface area contributed by atoms with Crippen molar-refractivity contribution in [2.24, 2.45) is 0 Å². The zero-order chi connectivity index (χ0) is 22.2. The Labute approximate surface area is 199 Å². The Bertz CT molecular complexity index is 1050. The molecule has 3 rings (SSSR count). The third-order valence-electron chi connectivity index (χ3n) is 4.43. The maximum atomic E-state index is 12.9. The number of amides is 3. The Morgan fingerprint density at radius 2 is 1.61 bits per heavy atom. The van der Waals surface area contributed by atoms with Crippen molar-refractivity contribution in [2.75, 3.05) is 23.3 Å². The van der Waals surface area contributed by atoms with E-state index in [1.807, 2.05) is 42.5 Å². The Morgan fingerprint density at radius 3 is 2.29 bits per heavy atom. The van der Waals surface area contributed by atoms with Gasteiger partial charge in [0, 0.05) is 34.5 Å². The molecular formula is C23H20BrCl2N3O2. The van der Waals surface area contributed by atoms with Gasteiger partial charge in [-0.25, -0.2) is 4.79 Å². The molecule has 0 saturated carbocycles. The van der Waals surface area contributed by atoms with Gasteiger partial charge in [-0.1, -0.05) is 57.3 Å². The van der Waals surface area contributed by atoms with Gasteiger partial charge < -0.3 is 10.6 Å². The number of anilines is 2. The average molecular weight is 521 g/mol. The van der Waals surface area contributed by atoms with Crippen molar-refractivity contribution in [2.45, 2.75) is 6.42 Å². The average Bonchev–Trinajstić information content (AvgIpc) is 2.77. The van der Waals surface area contributed by atoms with E-state index >= 15 is 0 Å². The van der Waals surface area contributed by atoms with E-state index in [2.05, 4.69) is 26.6 Å². The smallest absolute Gasteiger partial charge is 0.326 e. The molecule has 2 N–H and O–H groups in total. The Balaban J connectivity index is 1.61. The second-order valence-corrected chi connectivity index (χ2v) is 8.39. The molecule has 0 saturated heterocycles. The monoisotopic (exact) mass is 519 g/mol. The largest absolute Gasteiger partial charge is 0.352 e. The van der Waals surface area contributed by atoms with Crippen molar-refractivity contribution in [3.8, 4) is 0 Å². The molecule has 3 amide bonds. The van der Waals surface area contributed by atoms with Crippen LogP contribution in [0.4, 0.5) is 16.2 Å². The molecule has 0 heterocycles. The standard InChI is InChI=1S/C23H20BrCl2N3O2/c24-17-9-7-16(8-10-17)22(30)27-13-4-14-29(19-5-2-1-3-6-19)23(31)28-18-11-12-20(25)21(26)15-18/h1-3,5-12,15H,4,13-14H2,(H,27,30)(H,28,31). The van der Waals surface area contributed by atoms with Crippen molar-refractivity contribution >= 4 is 62.4 Å². The third kappa shape index (κ3) is 6.72. The molecule has 3 aromatic carbocycles. The van der Waals surface area contributed by atoms with Gasteiger partial charge in [0.2, 0.25) is 0 Å². The van der Waals surface area contributed by atoms with Crippen LogP contribution < -0.4 is 15.5 Å². The number of urea groups is 1. The van der Waals surface area contributed by atoms with Crippen LogP contribution in [-0.4, -0.2) is 25.0 Å². The second kappa shape index (κ2) is 11.2. The quantitative estimate of drug-likeness (QED) is 0.344. The minimum absolute atomic E-state index is 0.154. The van der Waals surface area contributed by atoms with Crippen molar-refractivity contribution in [1.82, 2.24) is 5.32 Å². The third-order valence-corrected chi connectivity index (χ3v) is 5.70. The molecule has 3 aromatic rings. The number of nitrogens with one attached hydrogen (secondary N) is 2. The fourth-order valence-corrected chi connectivity index (χ4v) is 3.43. The summed E-state index contributed by atoms with van der Waals surface area (Å²) in [4.78, 5) is 26.8. The van der Waals surface area contributed by atoms with E-state index in [-0.39, 0.29) is 11.9 Å². The molecule has 0 bridgehead atoms. The van der Waals surface area contributed by atoms with Crippen LogP contribution in [0.1, 0.15) is 16.8 Å². The van der Waals surface area contributed by atoms with E-state index in [1.54, 1.807) is 35.2 Å². The molecule has 0 unspecified atom stereocenters. The highest BCUT2D eigenvalue weighted by molar-refractivity contribution is 9.10. The summed E-state index contributed by atoms with van der Waals surface area (Å²) in [5, 5.41) is 6.50. The topological polar surface area (TPSA) is 61.4 Å². The van der Waals surface area contributed by atoms with Gasteiger partial charge in [-0.15, -0.1) is 0 Å². The number of benzene rings is 3. The van der Waals surface area contributed by atoms with E-state index in [1.165, 1.54) is 0 Å². The molecule has 160 valence electrons. The Kier molecular flexibility index (Phi) is 8.35. The fraction of sp³-hybridized carbons (Fsp3) is 0.130. The number of halogens is 3. The predicted octanol–water partition coefficient (Wildman–Crippen LogP) is 6.61. The van der Waals surface area contributed by atoms with Gasteiger partial charge in [-0.2, -0.15) is 0 Å². The molecule has 0 radical (unpaired) electrons. The molecular weight excluding hydrogens is 501 g/mol. The van der Waals surface area contributed by atoms with Crippen molar-refractivity contribution < 1.29 is 9.59 Å². The fourth-order valence-electron chi connectivity index (χ4n) is 2.86. The summed E-state index contributed by atoms with van der Waals surface area (Å²) in [7, 11) is 0. The lowest BCUT2D eigenvalue weighted by molar-refractivity contribution is 0.0953. The number of hydrogen-bond acceptors (Lipinski definition) is 2. The van der Waals surface area contributed by atoms with Crippen LogP contribution in [0.5, 0.6) is 0 Å². The number of carbonyl (C=O) groups excluding carboxylic acids is 2. The summed E-state index contributed by atoms with van der Waals surface area (Å²) in [5.41, 5.74) is 1.88. The molecule has 0 atom stereocenters. The van der Waals surface area contributed by atoms with E-state index < -0.39 is 0 Å². The Morgan fingerprint density at radius 1 is 0.903 bits per heavy atom. The summed E-state index contributed by atoms with van der Waals surface area (Å²) in [6.45, 7) is 0.843. The number of para-hydroxylation sites is 1. The van der Waals surface area contributed by atoms with Gasteiger partial charge in [0.05, 0.1) is 10.0 Å². The summed E-state index contributed by atoms with van der Waals surface area (Å²) in [6, 6.07) is 21.1. The second-order valence-electron chi connectivity index (χ2n) is 6.66. The summed E-state index contributed by atoms with van der Waals surface area (Å²) in [5.74, 6) is -0.154. The lowest BCUT2D eigenvalue weighted by Crippen LogP contribution is -2.37. The first-order valence-electron chi connectivity index (χ1n) is 9.56. The molecule has 0 aromatic heterocycles. The lowest BCUT2D eigenvalue weighted by atomic mass is 10.2. The maximum Gasteiger partial charge on any atom is 0.326 e. The summed E-state index contributed by atoms with van der Waals surface area (Å²) in [6.07, 6.45) is 0.575. The van der Waals surface area contributed by atoms with Crippen molar-refractivity contribution in [3.05, 3.63) is 92.9 Å². The normalized spacial score (nSPS) is 10.4. The van der Waals surface area contributed by atoms with Crippen LogP contribution in [0, 0.1) is 0 Å². The van der Waals surface area contributed by atoms with E-state index in [4.69, 9.17) is 23.2 Å². The van der Waals surface area contributed by atoms with Crippen LogP contribution in [-0.2, 0) is 0 Å². The minimum Gasteiger partial charge on any atom is -0.352 e. The maximum absolute atomic E-state index is 12.9.